The molecule has 0 aromatic heterocycles. The summed E-state index contributed by atoms with van der Waals surface area (Å²) >= 11 is 0. The Morgan fingerprint density at radius 2 is 2.07 bits per heavy atom. The van der Waals surface area contributed by atoms with Crippen LogP contribution in [-0.2, 0) is 11.2 Å². The summed E-state index contributed by atoms with van der Waals surface area (Å²) in [5, 5.41) is 11.4. The van der Waals surface area contributed by atoms with E-state index in [1.54, 1.807) is 6.92 Å². The molecule has 1 rings (SSSR count). The molecule has 1 aromatic rings. The quantitative estimate of drug-likeness (QED) is 0.701. The lowest BCUT2D eigenvalue weighted by Crippen LogP contribution is -2.39. The van der Waals surface area contributed by atoms with Crippen molar-refractivity contribution in [2.24, 2.45) is 5.92 Å². The monoisotopic (exact) mass is 203 g/mol. The van der Waals surface area contributed by atoms with Crippen LogP contribution in [0.4, 0.5) is 0 Å². The highest BCUT2D eigenvalue weighted by Gasteiger charge is 2.21. The Bertz CT molecular complexity index is 316. The molecule has 15 heavy (non-hydrogen) atoms. The molecule has 0 bridgehead atoms. The van der Waals surface area contributed by atoms with E-state index in [1.165, 1.54) is 0 Å². The van der Waals surface area contributed by atoms with E-state index in [4.69, 9.17) is 13.1 Å². The van der Waals surface area contributed by atoms with Gasteiger partial charge in [0.05, 0.1) is 5.92 Å². The molecule has 0 unspecified atom stereocenters. The normalized spacial score (nSPS) is 14.5. The van der Waals surface area contributed by atoms with Crippen LogP contribution < -0.4 is 5.23 Å². The number of carboxylic acids is 1. The van der Waals surface area contributed by atoms with Crippen LogP contribution in [-0.4, -0.2) is 25.1 Å². The van der Waals surface area contributed by atoms with Gasteiger partial charge in [-0.1, -0.05) is 37.3 Å². The third kappa shape index (κ3) is 3.40. The van der Waals surface area contributed by atoms with Crippen LogP contribution >= 0.6 is 0 Å². The average molecular weight is 203 g/mol. The highest BCUT2D eigenvalue weighted by molar-refractivity contribution is 6.04. The third-order valence-corrected chi connectivity index (χ3v) is 2.51. The van der Waals surface area contributed by atoms with E-state index >= 15 is 0 Å². The lowest BCUT2D eigenvalue weighted by Gasteiger charge is -2.20. The van der Waals surface area contributed by atoms with Gasteiger partial charge in [0.1, 0.15) is 0 Å². The molecular formula is C11H14BNO2. The Hall–Kier alpha value is -1.29. The smallest absolute Gasteiger partial charge is 0.307 e. The molecule has 2 atom stereocenters. The van der Waals surface area contributed by atoms with Gasteiger partial charge in [-0.2, -0.15) is 0 Å². The second-order valence-corrected chi connectivity index (χ2v) is 3.59. The van der Waals surface area contributed by atoms with Crippen LogP contribution in [0.1, 0.15) is 12.5 Å². The van der Waals surface area contributed by atoms with Crippen molar-refractivity contribution in [1.29, 1.82) is 0 Å². The van der Waals surface area contributed by atoms with E-state index in [2.05, 4.69) is 5.23 Å². The number of hydrogen-bond acceptors (Lipinski definition) is 2. The highest BCUT2D eigenvalue weighted by Crippen LogP contribution is 2.10. The van der Waals surface area contributed by atoms with Crippen molar-refractivity contribution < 1.29 is 9.90 Å². The first kappa shape index (κ1) is 11.8. The van der Waals surface area contributed by atoms with Crippen LogP contribution in [0.3, 0.4) is 0 Å². The van der Waals surface area contributed by atoms with E-state index in [0.717, 1.165) is 5.56 Å². The fourth-order valence-corrected chi connectivity index (χ4v) is 1.42. The topological polar surface area (TPSA) is 49.3 Å². The molecule has 0 heterocycles. The lowest BCUT2D eigenvalue weighted by molar-refractivity contribution is -0.141. The largest absolute Gasteiger partial charge is 0.481 e. The Labute approximate surface area is 90.9 Å². The predicted molar refractivity (Wildman–Crippen MR) is 59.6 cm³/mol. The number of carbonyl (C=O) groups is 1. The van der Waals surface area contributed by atoms with Crippen LogP contribution in [0.2, 0.25) is 0 Å². The summed E-state index contributed by atoms with van der Waals surface area (Å²) < 4.78 is 0. The number of benzene rings is 1. The molecule has 2 radical (unpaired) electrons. The summed E-state index contributed by atoms with van der Waals surface area (Å²) in [6.45, 7) is 1.65. The third-order valence-electron chi connectivity index (χ3n) is 2.51. The van der Waals surface area contributed by atoms with Gasteiger partial charge in [-0.05, 0) is 12.0 Å². The maximum Gasteiger partial charge on any atom is 0.307 e. The fraction of sp³-hybridized carbons (Fsp3) is 0.364. The lowest BCUT2D eigenvalue weighted by atomic mass is 9.94. The van der Waals surface area contributed by atoms with Crippen molar-refractivity contribution in [3.8, 4) is 0 Å². The number of carboxylic acid groups (broad SMARTS) is 1. The predicted octanol–water partition coefficient (Wildman–Crippen LogP) is 0.992. The van der Waals surface area contributed by atoms with Crippen molar-refractivity contribution in [3.05, 3.63) is 35.9 Å². The Kier molecular flexibility index (Phi) is 4.37. The van der Waals surface area contributed by atoms with Crippen molar-refractivity contribution in [2.75, 3.05) is 0 Å². The van der Waals surface area contributed by atoms with Gasteiger partial charge in [-0.15, -0.1) is 0 Å². The van der Waals surface area contributed by atoms with E-state index in [1.807, 2.05) is 30.3 Å². The Morgan fingerprint density at radius 1 is 1.47 bits per heavy atom. The van der Waals surface area contributed by atoms with Crippen molar-refractivity contribution in [2.45, 2.75) is 19.4 Å². The van der Waals surface area contributed by atoms with Crippen LogP contribution in [0.25, 0.3) is 0 Å². The van der Waals surface area contributed by atoms with Gasteiger partial charge >= 0.3 is 5.97 Å². The van der Waals surface area contributed by atoms with E-state index in [9.17, 15) is 4.79 Å². The first-order valence-corrected chi connectivity index (χ1v) is 4.88. The van der Waals surface area contributed by atoms with Crippen molar-refractivity contribution >= 4 is 14.0 Å². The molecule has 1 aromatic carbocycles. The highest BCUT2D eigenvalue weighted by atomic mass is 16.4. The molecule has 4 heteroatoms. The average Bonchev–Trinajstić information content (AvgIpc) is 2.26. The number of rotatable bonds is 5. The second kappa shape index (κ2) is 5.56. The zero-order valence-electron chi connectivity index (χ0n) is 8.68. The van der Waals surface area contributed by atoms with Crippen molar-refractivity contribution in [1.82, 2.24) is 5.23 Å². The van der Waals surface area contributed by atoms with Gasteiger partial charge in [0, 0.05) is 6.04 Å². The van der Waals surface area contributed by atoms with Gasteiger partial charge in [0.25, 0.3) is 0 Å². The van der Waals surface area contributed by atoms with Crippen LogP contribution in [0.15, 0.2) is 30.3 Å². The minimum absolute atomic E-state index is 0.245. The Morgan fingerprint density at radius 3 is 2.53 bits per heavy atom. The number of hydrogen-bond donors (Lipinski definition) is 2. The number of nitrogens with one attached hydrogen (secondary N) is 1. The fourth-order valence-electron chi connectivity index (χ4n) is 1.42. The van der Waals surface area contributed by atoms with Gasteiger partial charge < -0.3 is 10.3 Å². The van der Waals surface area contributed by atoms with Gasteiger partial charge in [0.15, 0.2) is 7.98 Å². The van der Waals surface area contributed by atoms with E-state index < -0.39 is 11.9 Å². The summed E-state index contributed by atoms with van der Waals surface area (Å²) in [6, 6.07) is 9.44. The summed E-state index contributed by atoms with van der Waals surface area (Å²) in [5.41, 5.74) is 1.08. The van der Waals surface area contributed by atoms with E-state index in [0.29, 0.717) is 6.42 Å². The Balaban J connectivity index is 2.66. The minimum atomic E-state index is -0.839. The standard InChI is InChI=1S/C11H14BNO2/c1-8(11(14)15)10(13-12)7-9-5-3-2-4-6-9/h2-6,8,10,13H,7H2,1H3,(H,14,15)/t8-,10-/m0/s1. The molecular weight excluding hydrogens is 189 g/mol. The van der Waals surface area contributed by atoms with E-state index in [-0.39, 0.29) is 6.04 Å². The molecule has 0 spiro atoms. The zero-order valence-corrected chi connectivity index (χ0v) is 8.68. The zero-order chi connectivity index (χ0) is 11.3. The second-order valence-electron chi connectivity index (χ2n) is 3.59. The maximum absolute atomic E-state index is 10.8. The summed E-state index contributed by atoms with van der Waals surface area (Å²) in [6.07, 6.45) is 0.616. The number of aliphatic carboxylic acids is 1. The summed E-state index contributed by atoms with van der Waals surface area (Å²) in [5.74, 6) is -1.34. The summed E-state index contributed by atoms with van der Waals surface area (Å²) in [7, 11) is 5.35. The van der Waals surface area contributed by atoms with Crippen molar-refractivity contribution in [3.63, 3.8) is 0 Å². The molecule has 0 saturated heterocycles. The van der Waals surface area contributed by atoms with Gasteiger partial charge in [-0.3, -0.25) is 4.79 Å². The summed E-state index contributed by atoms with van der Waals surface area (Å²) in [4.78, 5) is 10.8. The molecule has 0 aliphatic carbocycles. The molecule has 0 aliphatic heterocycles. The maximum atomic E-state index is 10.8. The first-order valence-electron chi connectivity index (χ1n) is 4.88. The van der Waals surface area contributed by atoms with Crippen LogP contribution in [0, 0.1) is 5.92 Å². The molecule has 0 amide bonds. The molecule has 0 saturated carbocycles. The first-order chi connectivity index (χ1) is 7.15. The van der Waals surface area contributed by atoms with Gasteiger partial charge in [0.2, 0.25) is 0 Å². The molecule has 3 nitrogen and oxygen atoms in total. The van der Waals surface area contributed by atoms with Crippen LogP contribution in [0.5, 0.6) is 0 Å². The molecule has 0 aliphatic rings. The SMILES string of the molecule is [B]N[C@@H](Cc1ccccc1)[C@H](C)C(=O)O. The molecule has 2 N–H and O–H groups in total. The molecule has 0 fully saturated rings. The molecule has 78 valence electrons. The minimum Gasteiger partial charge on any atom is -0.481 e. The van der Waals surface area contributed by atoms with Gasteiger partial charge in [-0.25, -0.2) is 0 Å².